The van der Waals surface area contributed by atoms with Crippen LogP contribution < -0.4 is 5.32 Å². The number of hydrogen-bond donors (Lipinski definition) is 1. The average molecular weight is 456 g/mol. The number of benzene rings is 1. The van der Waals surface area contributed by atoms with Crippen molar-refractivity contribution < 1.29 is 12.5 Å². The Morgan fingerprint density at radius 3 is 2.44 bits per heavy atom. The molecular weight excluding hydrogens is 424 g/mol. The Bertz CT molecular complexity index is 604. The zero-order chi connectivity index (χ0) is 18.8. The van der Waals surface area contributed by atoms with Crippen molar-refractivity contribution in [1.82, 2.24) is 5.32 Å². The number of nitrogens with one attached hydrogen (secondary N) is 1. The SMILES string of the molecule is [CH3][Sb]([O]CC1c2ccccc2C[C@H]1NC(=O)OC(C)(C)C)[C](C)(C)C. The summed E-state index contributed by atoms with van der Waals surface area (Å²) in [5, 5.41) is 3.07. The molecule has 1 aromatic rings. The second kappa shape index (κ2) is 7.88. The number of ether oxygens (including phenoxy) is 1. The fourth-order valence-corrected chi connectivity index (χ4v) is 5.08. The van der Waals surface area contributed by atoms with Gasteiger partial charge in [0.25, 0.3) is 0 Å². The summed E-state index contributed by atoms with van der Waals surface area (Å²) < 4.78 is 12.1. The van der Waals surface area contributed by atoms with Crippen LogP contribution in [0.3, 0.4) is 0 Å². The van der Waals surface area contributed by atoms with Gasteiger partial charge in [0.1, 0.15) is 0 Å². The van der Waals surface area contributed by atoms with E-state index in [0.717, 1.165) is 6.42 Å². The summed E-state index contributed by atoms with van der Waals surface area (Å²) in [4.78, 5) is 14.5. The Labute approximate surface area is 160 Å². The first-order valence-electron chi connectivity index (χ1n) is 8.91. The number of fused-ring (bicyclic) bond motifs is 1. The molecule has 1 aliphatic carbocycles. The van der Waals surface area contributed by atoms with Gasteiger partial charge in [-0.1, -0.05) is 0 Å². The molecule has 0 aliphatic heterocycles. The molecule has 1 aromatic carbocycles. The first-order chi connectivity index (χ1) is 11.5. The minimum atomic E-state index is -1.76. The fraction of sp³-hybridized carbons (Fsp3) is 0.650. The molecule has 1 unspecified atom stereocenters. The Kier molecular flexibility index (Phi) is 6.49. The van der Waals surface area contributed by atoms with E-state index in [-0.39, 0.29) is 21.4 Å². The van der Waals surface area contributed by atoms with E-state index in [2.05, 4.69) is 55.2 Å². The van der Waals surface area contributed by atoms with Crippen molar-refractivity contribution in [2.24, 2.45) is 0 Å². The van der Waals surface area contributed by atoms with Gasteiger partial charge in [0.2, 0.25) is 0 Å². The summed E-state index contributed by atoms with van der Waals surface area (Å²) in [6.45, 7) is 13.1. The molecule has 2 atom stereocenters. The zero-order valence-electron chi connectivity index (χ0n) is 16.6. The van der Waals surface area contributed by atoms with E-state index in [4.69, 9.17) is 7.75 Å². The Morgan fingerprint density at radius 2 is 1.84 bits per heavy atom. The summed E-state index contributed by atoms with van der Waals surface area (Å²) in [5.74, 6) is 0.193. The van der Waals surface area contributed by atoms with Crippen molar-refractivity contribution >= 4 is 26.7 Å². The fourth-order valence-electron chi connectivity index (χ4n) is 2.88. The van der Waals surface area contributed by atoms with Gasteiger partial charge in [-0.3, -0.25) is 0 Å². The van der Waals surface area contributed by atoms with Crippen LogP contribution in [-0.4, -0.2) is 45.0 Å². The van der Waals surface area contributed by atoms with E-state index in [1.807, 2.05) is 20.8 Å². The maximum absolute atomic E-state index is 12.2. The van der Waals surface area contributed by atoms with Crippen molar-refractivity contribution in [3.05, 3.63) is 35.4 Å². The molecule has 140 valence electrons. The van der Waals surface area contributed by atoms with Gasteiger partial charge in [-0.15, -0.1) is 0 Å². The number of hydrogen-bond acceptors (Lipinski definition) is 3. The topological polar surface area (TPSA) is 47.6 Å². The molecule has 1 N–H and O–H groups in total. The molecule has 1 amide bonds. The standard InChI is InChI=1S/C15H20NO3.C4H9.CH3.Sb/c1-15(2,3)19-14(18)16-13-8-10-6-4-5-7-11(10)12(13)9-17;1-4(2)3;;/h4-7,12-13H,8-9H2,1-3H3,(H,16,18);1-3H3;1H3;/q-1;;;+1/t12?,13-;;;/m1.../s1. The van der Waals surface area contributed by atoms with Crippen molar-refractivity contribution in [3.63, 3.8) is 0 Å². The van der Waals surface area contributed by atoms with E-state index in [0.29, 0.717) is 6.61 Å². The quantitative estimate of drug-likeness (QED) is 0.671. The van der Waals surface area contributed by atoms with Gasteiger partial charge in [-0.05, 0) is 0 Å². The van der Waals surface area contributed by atoms with Gasteiger partial charge >= 0.3 is 160 Å². The monoisotopic (exact) mass is 455 g/mol. The third-order valence-corrected chi connectivity index (χ3v) is 11.4. The van der Waals surface area contributed by atoms with Crippen molar-refractivity contribution in [1.29, 1.82) is 0 Å². The molecule has 2 rings (SSSR count). The predicted octanol–water partition coefficient (Wildman–Crippen LogP) is 4.66. The first kappa shape index (κ1) is 20.6. The summed E-state index contributed by atoms with van der Waals surface area (Å²) in [5.41, 5.74) is 2.11. The normalized spacial score (nSPS) is 20.5. The Balaban J connectivity index is 2.09. The van der Waals surface area contributed by atoms with Crippen LogP contribution in [0.1, 0.15) is 58.6 Å². The molecule has 5 heteroatoms. The first-order valence-corrected chi connectivity index (χ1v) is 13.8. The Morgan fingerprint density at radius 1 is 1.20 bits per heavy atom. The molecule has 4 nitrogen and oxygen atoms in total. The van der Waals surface area contributed by atoms with E-state index >= 15 is 0 Å². The minimum absolute atomic E-state index is 0.0288. The van der Waals surface area contributed by atoms with Crippen molar-refractivity contribution in [3.8, 4) is 0 Å². The zero-order valence-corrected chi connectivity index (χ0v) is 19.1. The van der Waals surface area contributed by atoms with Gasteiger partial charge < -0.3 is 0 Å². The number of rotatable bonds is 4. The van der Waals surface area contributed by atoms with Crippen molar-refractivity contribution in [2.75, 3.05) is 6.61 Å². The van der Waals surface area contributed by atoms with Crippen LogP contribution in [0.15, 0.2) is 24.3 Å². The molecule has 0 saturated heterocycles. The number of carbonyl (C=O) groups excluding carboxylic acids is 1. The molecular formula is C20H32NO3Sb. The second-order valence-electron chi connectivity index (χ2n) is 8.73. The second-order valence-corrected chi connectivity index (χ2v) is 16.1. The van der Waals surface area contributed by atoms with Gasteiger partial charge in [0.15, 0.2) is 0 Å². The van der Waals surface area contributed by atoms with E-state index in [1.54, 1.807) is 0 Å². The number of alkyl carbamates (subject to hydrolysis) is 1. The summed E-state index contributed by atoms with van der Waals surface area (Å²) in [6, 6.07) is 8.46. The summed E-state index contributed by atoms with van der Waals surface area (Å²) >= 11 is -1.76. The molecule has 1 aliphatic rings. The van der Waals surface area contributed by atoms with Crippen LogP contribution in [0.5, 0.6) is 0 Å². The van der Waals surface area contributed by atoms with E-state index in [1.165, 1.54) is 11.1 Å². The van der Waals surface area contributed by atoms with Crippen LogP contribution in [0.25, 0.3) is 0 Å². The molecule has 0 saturated carbocycles. The third-order valence-electron chi connectivity index (χ3n) is 4.47. The average Bonchev–Trinajstić information content (AvgIpc) is 2.78. The van der Waals surface area contributed by atoms with Crippen LogP contribution in [-0.2, 0) is 14.2 Å². The van der Waals surface area contributed by atoms with Crippen LogP contribution in [0.4, 0.5) is 4.79 Å². The van der Waals surface area contributed by atoms with Gasteiger partial charge in [0, 0.05) is 0 Å². The molecule has 25 heavy (non-hydrogen) atoms. The third kappa shape index (κ3) is 5.89. The molecule has 0 fully saturated rings. The predicted molar refractivity (Wildman–Crippen MR) is 103 cm³/mol. The van der Waals surface area contributed by atoms with Gasteiger partial charge in [0.05, 0.1) is 0 Å². The van der Waals surface area contributed by atoms with Crippen LogP contribution >= 0.6 is 0 Å². The van der Waals surface area contributed by atoms with Gasteiger partial charge in [-0.2, -0.15) is 0 Å². The van der Waals surface area contributed by atoms with Crippen LogP contribution in [0, 0.1) is 0 Å². The van der Waals surface area contributed by atoms with E-state index in [9.17, 15) is 4.79 Å². The van der Waals surface area contributed by atoms with Crippen LogP contribution in [0.2, 0.25) is 8.23 Å². The summed E-state index contributed by atoms with van der Waals surface area (Å²) in [7, 11) is 0. The molecule has 0 aromatic heterocycles. The number of carbonyl (C=O) groups is 1. The maximum atomic E-state index is 12.2. The molecule has 0 bridgehead atoms. The summed E-state index contributed by atoms with van der Waals surface area (Å²) in [6.07, 6.45) is 0.486. The Hall–Kier alpha value is -0.732. The molecule has 0 radical (unpaired) electrons. The number of amides is 1. The van der Waals surface area contributed by atoms with Gasteiger partial charge in [-0.25, -0.2) is 0 Å². The van der Waals surface area contributed by atoms with Crippen molar-refractivity contribution in [2.45, 2.75) is 73.8 Å². The molecule has 0 spiro atoms. The molecule has 0 heterocycles. The van der Waals surface area contributed by atoms with E-state index < -0.39 is 26.2 Å².